The summed E-state index contributed by atoms with van der Waals surface area (Å²) in [5, 5.41) is 8.01. The van der Waals surface area contributed by atoms with Gasteiger partial charge in [0.1, 0.15) is 6.61 Å². The highest BCUT2D eigenvalue weighted by Crippen LogP contribution is 2.36. The predicted octanol–water partition coefficient (Wildman–Crippen LogP) is 2.63. The number of hydrogen-bond donors (Lipinski definition) is 0. The van der Waals surface area contributed by atoms with Gasteiger partial charge in [0.25, 0.3) is 0 Å². The zero-order chi connectivity index (χ0) is 18.7. The number of nitrogens with zero attached hydrogens (tertiary/aromatic N) is 3. The van der Waals surface area contributed by atoms with Gasteiger partial charge in [-0.2, -0.15) is 0 Å². The standard InChI is InChI=1S/C19H25N3O4/c1-5-16-20-21-17(26-16)10-22(12(2)3)19(23)14-9-13-7-6-8-15(24-4)18(13)25-11-14/h6-8,12,14H,5,9-11H2,1-4H3. The molecule has 0 saturated carbocycles. The lowest BCUT2D eigenvalue weighted by Gasteiger charge is -2.32. The first kappa shape index (κ1) is 18.2. The maximum absolute atomic E-state index is 13.1. The van der Waals surface area contributed by atoms with E-state index in [-0.39, 0.29) is 17.9 Å². The van der Waals surface area contributed by atoms with Gasteiger partial charge in [-0.05, 0) is 31.9 Å². The summed E-state index contributed by atoms with van der Waals surface area (Å²) in [5.74, 6) is 2.27. The Morgan fingerprint density at radius 1 is 1.35 bits per heavy atom. The molecule has 1 unspecified atom stereocenters. The van der Waals surface area contributed by atoms with Crippen molar-refractivity contribution in [2.24, 2.45) is 5.92 Å². The lowest BCUT2D eigenvalue weighted by atomic mass is 9.94. The van der Waals surface area contributed by atoms with E-state index in [4.69, 9.17) is 13.9 Å². The Labute approximate surface area is 153 Å². The molecule has 0 radical (unpaired) electrons. The molecule has 1 aromatic carbocycles. The van der Waals surface area contributed by atoms with Gasteiger partial charge in [0.2, 0.25) is 17.7 Å². The molecule has 7 nitrogen and oxygen atoms in total. The number of fused-ring (bicyclic) bond motifs is 1. The van der Waals surface area contributed by atoms with Crippen LogP contribution in [-0.4, -0.2) is 40.8 Å². The fourth-order valence-electron chi connectivity index (χ4n) is 3.10. The Morgan fingerprint density at radius 3 is 2.77 bits per heavy atom. The SMILES string of the molecule is CCc1nnc(CN(C(=O)C2COc3c(cccc3OC)C2)C(C)C)o1. The number of benzene rings is 1. The van der Waals surface area contributed by atoms with Crippen molar-refractivity contribution in [3.8, 4) is 11.5 Å². The molecule has 140 valence electrons. The van der Waals surface area contributed by atoms with Crippen molar-refractivity contribution >= 4 is 5.91 Å². The summed E-state index contributed by atoms with van der Waals surface area (Å²) < 4.78 is 16.8. The summed E-state index contributed by atoms with van der Waals surface area (Å²) in [6.45, 7) is 6.56. The molecule has 1 aliphatic rings. The summed E-state index contributed by atoms with van der Waals surface area (Å²) in [6.07, 6.45) is 1.30. The van der Waals surface area contributed by atoms with E-state index in [2.05, 4.69) is 10.2 Å². The van der Waals surface area contributed by atoms with E-state index in [0.717, 1.165) is 11.3 Å². The van der Waals surface area contributed by atoms with Crippen LogP contribution >= 0.6 is 0 Å². The molecule has 0 bridgehead atoms. The van der Waals surface area contributed by atoms with Crippen molar-refractivity contribution in [2.75, 3.05) is 13.7 Å². The third kappa shape index (κ3) is 3.66. The summed E-state index contributed by atoms with van der Waals surface area (Å²) in [4.78, 5) is 14.9. The first-order valence-corrected chi connectivity index (χ1v) is 8.93. The van der Waals surface area contributed by atoms with Crippen molar-refractivity contribution in [3.05, 3.63) is 35.5 Å². The second-order valence-electron chi connectivity index (χ2n) is 6.66. The highest BCUT2D eigenvalue weighted by Gasteiger charge is 2.32. The van der Waals surface area contributed by atoms with E-state index >= 15 is 0 Å². The molecule has 2 aromatic rings. The van der Waals surface area contributed by atoms with Gasteiger partial charge < -0.3 is 18.8 Å². The first-order chi connectivity index (χ1) is 12.5. The fraction of sp³-hybridized carbons (Fsp3) is 0.526. The smallest absolute Gasteiger partial charge is 0.235 e. The van der Waals surface area contributed by atoms with Gasteiger partial charge in [-0.25, -0.2) is 0 Å². The minimum Gasteiger partial charge on any atom is -0.493 e. The maximum Gasteiger partial charge on any atom is 0.235 e. The Kier molecular flexibility index (Phi) is 5.44. The van der Waals surface area contributed by atoms with Crippen LogP contribution < -0.4 is 9.47 Å². The number of hydrogen-bond acceptors (Lipinski definition) is 6. The summed E-state index contributed by atoms with van der Waals surface area (Å²) >= 11 is 0. The van der Waals surface area contributed by atoms with Crippen LogP contribution in [0.1, 0.15) is 38.1 Å². The van der Waals surface area contributed by atoms with Crippen LogP contribution in [0.4, 0.5) is 0 Å². The molecular formula is C19H25N3O4. The third-order valence-corrected chi connectivity index (χ3v) is 4.55. The van der Waals surface area contributed by atoms with Gasteiger partial charge >= 0.3 is 0 Å². The van der Waals surface area contributed by atoms with Crippen LogP contribution in [0.2, 0.25) is 0 Å². The van der Waals surface area contributed by atoms with Crippen molar-refractivity contribution in [3.63, 3.8) is 0 Å². The molecule has 0 fully saturated rings. The largest absolute Gasteiger partial charge is 0.493 e. The lowest BCUT2D eigenvalue weighted by Crippen LogP contribution is -2.44. The quantitative estimate of drug-likeness (QED) is 0.789. The van der Waals surface area contributed by atoms with Gasteiger partial charge in [-0.3, -0.25) is 4.79 Å². The van der Waals surface area contributed by atoms with Crippen LogP contribution in [0, 0.1) is 5.92 Å². The highest BCUT2D eigenvalue weighted by atomic mass is 16.5. The second kappa shape index (κ2) is 7.76. The highest BCUT2D eigenvalue weighted by molar-refractivity contribution is 5.80. The van der Waals surface area contributed by atoms with Gasteiger partial charge in [-0.15, -0.1) is 10.2 Å². The van der Waals surface area contributed by atoms with Crippen LogP contribution in [0.25, 0.3) is 0 Å². The number of methoxy groups -OCH3 is 1. The number of ether oxygens (including phenoxy) is 2. The Morgan fingerprint density at radius 2 is 2.12 bits per heavy atom. The normalized spacial score (nSPS) is 16.1. The molecule has 0 saturated heterocycles. The average Bonchev–Trinajstić information content (AvgIpc) is 3.12. The van der Waals surface area contributed by atoms with Crippen LogP contribution in [0.3, 0.4) is 0 Å². The van der Waals surface area contributed by atoms with Crippen molar-refractivity contribution in [1.29, 1.82) is 0 Å². The third-order valence-electron chi connectivity index (χ3n) is 4.55. The number of amides is 1. The minimum absolute atomic E-state index is 0.0196. The van der Waals surface area contributed by atoms with Crippen molar-refractivity contribution < 1.29 is 18.7 Å². The molecule has 1 atom stereocenters. The number of aromatic nitrogens is 2. The second-order valence-corrected chi connectivity index (χ2v) is 6.66. The molecule has 0 N–H and O–H groups in total. The fourth-order valence-corrected chi connectivity index (χ4v) is 3.10. The van der Waals surface area contributed by atoms with E-state index in [9.17, 15) is 4.79 Å². The monoisotopic (exact) mass is 359 g/mol. The topological polar surface area (TPSA) is 77.7 Å². The Balaban J connectivity index is 1.75. The van der Waals surface area contributed by atoms with E-state index in [1.165, 1.54) is 0 Å². The molecule has 2 heterocycles. The maximum atomic E-state index is 13.1. The summed E-state index contributed by atoms with van der Waals surface area (Å²) in [5.41, 5.74) is 0.990. The van der Waals surface area contributed by atoms with E-state index < -0.39 is 0 Å². The van der Waals surface area contributed by atoms with Gasteiger partial charge in [0.15, 0.2) is 11.5 Å². The average molecular weight is 359 g/mol. The first-order valence-electron chi connectivity index (χ1n) is 8.93. The number of carbonyl (C=O) groups is 1. The van der Waals surface area contributed by atoms with Crippen LogP contribution in [-0.2, 0) is 24.2 Å². The summed E-state index contributed by atoms with van der Waals surface area (Å²) in [7, 11) is 1.62. The minimum atomic E-state index is -0.245. The predicted molar refractivity (Wildman–Crippen MR) is 95.0 cm³/mol. The van der Waals surface area contributed by atoms with E-state index in [0.29, 0.717) is 43.5 Å². The number of aryl methyl sites for hydroxylation is 1. The molecule has 26 heavy (non-hydrogen) atoms. The zero-order valence-corrected chi connectivity index (χ0v) is 15.7. The molecule has 1 amide bonds. The number of rotatable bonds is 6. The van der Waals surface area contributed by atoms with Crippen LogP contribution in [0.5, 0.6) is 11.5 Å². The van der Waals surface area contributed by atoms with Gasteiger partial charge in [0.05, 0.1) is 19.6 Å². The summed E-state index contributed by atoms with van der Waals surface area (Å²) in [6, 6.07) is 5.77. The molecule has 7 heteroatoms. The Hall–Kier alpha value is -2.57. The van der Waals surface area contributed by atoms with Crippen molar-refractivity contribution in [2.45, 2.75) is 46.2 Å². The number of carbonyl (C=O) groups excluding carboxylic acids is 1. The molecule has 0 aliphatic carbocycles. The number of para-hydroxylation sites is 1. The van der Waals surface area contributed by atoms with E-state index in [1.54, 1.807) is 12.0 Å². The molecule has 3 rings (SSSR count). The zero-order valence-electron chi connectivity index (χ0n) is 15.7. The Bertz CT molecular complexity index is 772. The molecular weight excluding hydrogens is 334 g/mol. The molecule has 0 spiro atoms. The van der Waals surface area contributed by atoms with Crippen LogP contribution in [0.15, 0.2) is 22.6 Å². The van der Waals surface area contributed by atoms with E-state index in [1.807, 2.05) is 39.0 Å². The lowest BCUT2D eigenvalue weighted by molar-refractivity contribution is -0.139. The van der Waals surface area contributed by atoms with Gasteiger partial charge in [0, 0.05) is 12.5 Å². The molecule has 1 aromatic heterocycles. The van der Waals surface area contributed by atoms with Crippen molar-refractivity contribution in [1.82, 2.24) is 15.1 Å². The molecule has 1 aliphatic heterocycles. The van der Waals surface area contributed by atoms with Gasteiger partial charge in [-0.1, -0.05) is 19.1 Å².